The zero-order valence-electron chi connectivity index (χ0n) is 11.6. The number of carbonyl (C=O) groups excluding carboxylic acids is 1. The van der Waals surface area contributed by atoms with Crippen molar-refractivity contribution in [3.05, 3.63) is 0 Å². The van der Waals surface area contributed by atoms with Crippen molar-refractivity contribution in [2.75, 3.05) is 0 Å². The molecule has 1 N–H and O–H groups in total. The first-order valence-corrected chi connectivity index (χ1v) is 5.74. The fourth-order valence-corrected chi connectivity index (χ4v) is 1.70. The third-order valence-electron chi connectivity index (χ3n) is 1.84. The predicted octanol–water partition coefficient (Wildman–Crippen LogP) is 1.98. The topological polar surface area (TPSA) is 72.8 Å². The Balaban J connectivity index is 0. The van der Waals surface area contributed by atoms with E-state index in [-0.39, 0.29) is 40.3 Å². The van der Waals surface area contributed by atoms with Crippen LogP contribution in [-0.2, 0) is 40.8 Å². The second kappa shape index (κ2) is 8.80. The Bertz CT molecular complexity index is 266. The minimum atomic E-state index is -1.13. The van der Waals surface area contributed by atoms with Crippen LogP contribution in [0.25, 0.3) is 0 Å². The second-order valence-electron chi connectivity index (χ2n) is 4.75. The van der Waals surface area contributed by atoms with Gasteiger partial charge in [-0.2, -0.15) is 0 Å². The summed E-state index contributed by atoms with van der Waals surface area (Å²) in [6.45, 7) is 9.01. The van der Waals surface area contributed by atoms with Gasteiger partial charge in [-0.05, 0) is 34.6 Å². The van der Waals surface area contributed by atoms with E-state index in [0.717, 1.165) is 0 Å². The summed E-state index contributed by atoms with van der Waals surface area (Å²) in [6, 6.07) is 0. The van der Waals surface area contributed by atoms with E-state index < -0.39 is 24.0 Å². The number of ether oxygens (including phenoxy) is 2. The number of rotatable bonds is 8. The molecule has 0 aromatic heterocycles. The molecule has 0 fully saturated rings. The molecule has 0 radical (unpaired) electrons. The molecule has 5 nitrogen and oxygen atoms in total. The van der Waals surface area contributed by atoms with Gasteiger partial charge >= 0.3 is 5.97 Å². The Kier molecular flexibility index (Phi) is 9.83. The van der Waals surface area contributed by atoms with E-state index >= 15 is 0 Å². The number of hydrogen-bond donors (Lipinski definition) is 1. The van der Waals surface area contributed by atoms with Crippen molar-refractivity contribution < 1.29 is 45.9 Å². The molecule has 0 aromatic carbocycles. The molecular weight excluding hydrogens is 272 g/mol. The summed E-state index contributed by atoms with van der Waals surface area (Å²) in [5.41, 5.74) is 0. The Morgan fingerprint density at radius 1 is 1.11 bits per heavy atom. The second-order valence-corrected chi connectivity index (χ2v) is 4.75. The van der Waals surface area contributed by atoms with Crippen LogP contribution in [0.3, 0.4) is 0 Å². The molecule has 0 amide bonds. The van der Waals surface area contributed by atoms with E-state index in [1.54, 1.807) is 6.92 Å². The molecule has 0 aliphatic rings. The number of Topliss-reactive ketones (excluding diaryl/α,β-unsaturated/α-hetero) is 1. The van der Waals surface area contributed by atoms with Crippen molar-refractivity contribution in [1.29, 1.82) is 0 Å². The molecule has 0 unspecified atom stereocenters. The summed E-state index contributed by atoms with van der Waals surface area (Å²) >= 11 is 0. The number of carbonyl (C=O) groups is 2. The van der Waals surface area contributed by atoms with Crippen molar-refractivity contribution in [3.8, 4) is 0 Å². The first-order chi connectivity index (χ1) is 7.64. The molecule has 0 saturated heterocycles. The quantitative estimate of drug-likeness (QED) is 0.421. The van der Waals surface area contributed by atoms with Gasteiger partial charge in [0.1, 0.15) is 12.2 Å². The van der Waals surface area contributed by atoms with Crippen LogP contribution in [0.5, 0.6) is 0 Å². The van der Waals surface area contributed by atoms with Crippen LogP contribution in [0.15, 0.2) is 0 Å². The number of ketones is 1. The summed E-state index contributed by atoms with van der Waals surface area (Å²) in [7, 11) is 0. The Morgan fingerprint density at radius 3 is 1.78 bits per heavy atom. The average molecular weight is 294 g/mol. The molecule has 104 valence electrons. The third-order valence-corrected chi connectivity index (χ3v) is 1.84. The summed E-state index contributed by atoms with van der Waals surface area (Å²) in [5.74, 6) is -2.60. The number of carboxylic acids is 1. The van der Waals surface area contributed by atoms with E-state index in [1.807, 2.05) is 27.7 Å². The van der Waals surface area contributed by atoms with Crippen molar-refractivity contribution in [1.82, 2.24) is 0 Å². The standard InChI is InChI=1S/C12H22O5.Ti/c1-8(2)16-12(5,17-9(3)4)7-10(13)6-11(14)15;/h8-9H,6-7H2,1-5H3,(H,14,15);. The van der Waals surface area contributed by atoms with Gasteiger partial charge in [-0.3, -0.25) is 9.59 Å². The smallest absolute Gasteiger partial charge is 0.310 e. The summed E-state index contributed by atoms with van der Waals surface area (Å²) in [5, 5.41) is 8.54. The average Bonchev–Trinajstić information content (AvgIpc) is 1.95. The summed E-state index contributed by atoms with van der Waals surface area (Å²) < 4.78 is 11.1. The number of hydrogen-bond acceptors (Lipinski definition) is 4. The van der Waals surface area contributed by atoms with Crippen molar-refractivity contribution in [3.63, 3.8) is 0 Å². The molecule has 0 saturated carbocycles. The van der Waals surface area contributed by atoms with Gasteiger partial charge in [0, 0.05) is 21.7 Å². The number of aliphatic carboxylic acids is 1. The molecule has 0 spiro atoms. The van der Waals surface area contributed by atoms with E-state index in [0.29, 0.717) is 0 Å². The molecule has 0 atom stereocenters. The van der Waals surface area contributed by atoms with Crippen molar-refractivity contribution >= 4 is 11.8 Å². The van der Waals surface area contributed by atoms with Crippen LogP contribution in [-0.4, -0.2) is 34.9 Å². The summed E-state index contributed by atoms with van der Waals surface area (Å²) in [4.78, 5) is 21.9. The van der Waals surface area contributed by atoms with Crippen LogP contribution < -0.4 is 0 Å². The van der Waals surface area contributed by atoms with Crippen LogP contribution in [0.2, 0.25) is 0 Å². The van der Waals surface area contributed by atoms with Crippen LogP contribution in [0, 0.1) is 0 Å². The van der Waals surface area contributed by atoms with Crippen LogP contribution in [0.4, 0.5) is 0 Å². The fraction of sp³-hybridized carbons (Fsp3) is 0.833. The first kappa shape index (κ1) is 20.1. The van der Waals surface area contributed by atoms with Gasteiger partial charge in [0.25, 0.3) is 0 Å². The number of carboxylic acid groups (broad SMARTS) is 1. The maximum atomic E-state index is 11.5. The molecule has 18 heavy (non-hydrogen) atoms. The Labute approximate surface area is 123 Å². The van der Waals surface area contributed by atoms with Gasteiger partial charge in [0.2, 0.25) is 0 Å². The van der Waals surface area contributed by atoms with E-state index in [4.69, 9.17) is 14.6 Å². The van der Waals surface area contributed by atoms with Crippen LogP contribution >= 0.6 is 0 Å². The molecule has 0 heterocycles. The van der Waals surface area contributed by atoms with Crippen molar-refractivity contribution in [2.24, 2.45) is 0 Å². The molecule has 0 aliphatic heterocycles. The minimum absolute atomic E-state index is 0. The largest absolute Gasteiger partial charge is 0.481 e. The molecular formula is C12H22O5Ti. The van der Waals surface area contributed by atoms with Gasteiger partial charge in [-0.1, -0.05) is 0 Å². The maximum Gasteiger partial charge on any atom is 0.310 e. The predicted molar refractivity (Wildman–Crippen MR) is 62.7 cm³/mol. The molecule has 0 aliphatic carbocycles. The van der Waals surface area contributed by atoms with Gasteiger partial charge in [0.05, 0.1) is 18.6 Å². The van der Waals surface area contributed by atoms with E-state index in [2.05, 4.69) is 0 Å². The molecule has 0 rings (SSSR count). The minimum Gasteiger partial charge on any atom is -0.481 e. The zero-order chi connectivity index (χ0) is 13.6. The van der Waals surface area contributed by atoms with E-state index in [1.165, 1.54) is 0 Å². The maximum absolute atomic E-state index is 11.5. The third kappa shape index (κ3) is 9.77. The molecule has 0 bridgehead atoms. The Morgan fingerprint density at radius 2 is 1.50 bits per heavy atom. The zero-order valence-corrected chi connectivity index (χ0v) is 13.2. The van der Waals surface area contributed by atoms with Gasteiger partial charge in [-0.15, -0.1) is 0 Å². The first-order valence-electron chi connectivity index (χ1n) is 5.74. The van der Waals surface area contributed by atoms with Crippen molar-refractivity contribution in [2.45, 2.75) is 65.5 Å². The molecule has 0 aromatic rings. The van der Waals surface area contributed by atoms with Crippen LogP contribution in [0.1, 0.15) is 47.5 Å². The van der Waals surface area contributed by atoms with Gasteiger partial charge < -0.3 is 14.6 Å². The monoisotopic (exact) mass is 294 g/mol. The normalized spacial score (nSPS) is 11.5. The SMILES string of the molecule is CC(C)OC(C)(CC(=O)CC(=O)O)OC(C)C.[Ti]. The fourth-order valence-electron chi connectivity index (χ4n) is 1.70. The van der Waals surface area contributed by atoms with E-state index in [9.17, 15) is 9.59 Å². The Hall–Kier alpha value is -0.226. The van der Waals surface area contributed by atoms with Gasteiger partial charge in [-0.25, -0.2) is 0 Å². The molecule has 6 heteroatoms. The van der Waals surface area contributed by atoms with Gasteiger partial charge in [0.15, 0.2) is 5.79 Å². The summed E-state index contributed by atoms with van der Waals surface area (Å²) in [6.07, 6.45) is -0.763.